The summed E-state index contributed by atoms with van der Waals surface area (Å²) >= 11 is 0. The average Bonchev–Trinajstić information content (AvgIpc) is 2.57. The topological polar surface area (TPSA) is 67.8 Å². The van der Waals surface area contributed by atoms with E-state index in [1.54, 1.807) is 19.1 Å². The molecule has 0 amide bonds. The van der Waals surface area contributed by atoms with Crippen LogP contribution in [0.4, 0.5) is 11.4 Å². The molecule has 1 aromatic carbocycles. The van der Waals surface area contributed by atoms with Gasteiger partial charge in [-0.3, -0.25) is 0 Å². The van der Waals surface area contributed by atoms with E-state index in [4.69, 9.17) is 4.74 Å². The number of nitrogens with zero attached hydrogens (tertiary/aromatic N) is 1. The lowest BCUT2D eigenvalue weighted by molar-refractivity contribution is 0.00755. The standard InChI is InChI=1S/C19H24N2O3/c1-2-24-19(22)13-3-4-16(17(10-13)21-23)20-18-14-6-11-5-12(8-14)9-15(18)7-11/h3-4,10-12,14-15,18,20H,2,5-9H2,1H3. The Morgan fingerprint density at radius 1 is 1.17 bits per heavy atom. The SMILES string of the molecule is CCOC(=O)c1ccc(NC2C3CC4CC(C3)CC2C4)c(N=O)c1. The van der Waals surface area contributed by atoms with E-state index < -0.39 is 5.97 Å². The van der Waals surface area contributed by atoms with E-state index in [2.05, 4.69) is 10.5 Å². The summed E-state index contributed by atoms with van der Waals surface area (Å²) in [6.07, 6.45) is 6.69. The minimum atomic E-state index is -0.413. The molecular weight excluding hydrogens is 304 g/mol. The van der Waals surface area contributed by atoms with Crippen LogP contribution in [0.1, 0.15) is 49.4 Å². The second-order valence-electron chi connectivity index (χ2n) is 7.64. The molecule has 0 atom stereocenters. The number of anilines is 1. The summed E-state index contributed by atoms with van der Waals surface area (Å²) in [6, 6.07) is 5.48. The Morgan fingerprint density at radius 3 is 2.42 bits per heavy atom. The fraction of sp³-hybridized carbons (Fsp3) is 0.632. The second kappa shape index (κ2) is 6.19. The van der Waals surface area contributed by atoms with Gasteiger partial charge in [0.1, 0.15) is 5.69 Å². The van der Waals surface area contributed by atoms with Crippen molar-refractivity contribution in [3.8, 4) is 0 Å². The van der Waals surface area contributed by atoms with Crippen LogP contribution < -0.4 is 5.32 Å². The van der Waals surface area contributed by atoms with Crippen molar-refractivity contribution in [1.29, 1.82) is 0 Å². The highest BCUT2D eigenvalue weighted by molar-refractivity contribution is 5.91. The summed E-state index contributed by atoms with van der Waals surface area (Å²) in [5, 5.41) is 6.73. The highest BCUT2D eigenvalue weighted by Gasteiger charge is 2.48. The first kappa shape index (κ1) is 15.6. The molecule has 0 unspecified atom stereocenters. The highest BCUT2D eigenvalue weighted by atomic mass is 16.5. The van der Waals surface area contributed by atoms with Gasteiger partial charge in [0, 0.05) is 6.04 Å². The van der Waals surface area contributed by atoms with Gasteiger partial charge in [0.05, 0.1) is 17.9 Å². The molecule has 24 heavy (non-hydrogen) atoms. The molecule has 0 spiro atoms. The number of carbonyl (C=O) groups excluding carboxylic acids is 1. The van der Waals surface area contributed by atoms with Crippen molar-refractivity contribution in [1.82, 2.24) is 0 Å². The molecule has 128 valence electrons. The third kappa shape index (κ3) is 2.70. The first-order chi connectivity index (χ1) is 11.7. The molecule has 5 rings (SSSR count). The van der Waals surface area contributed by atoms with E-state index in [1.807, 2.05) is 0 Å². The summed E-state index contributed by atoms with van der Waals surface area (Å²) in [4.78, 5) is 23.1. The van der Waals surface area contributed by atoms with Crippen molar-refractivity contribution in [2.24, 2.45) is 28.8 Å². The number of rotatable bonds is 5. The van der Waals surface area contributed by atoms with E-state index >= 15 is 0 Å². The quantitative estimate of drug-likeness (QED) is 0.638. The molecule has 0 aliphatic heterocycles. The number of esters is 1. The van der Waals surface area contributed by atoms with Crippen molar-refractivity contribution in [2.75, 3.05) is 11.9 Å². The Balaban J connectivity index is 1.54. The fourth-order valence-electron chi connectivity index (χ4n) is 5.41. The summed E-state index contributed by atoms with van der Waals surface area (Å²) in [5.41, 5.74) is 1.42. The zero-order chi connectivity index (χ0) is 16.7. The van der Waals surface area contributed by atoms with Crippen molar-refractivity contribution in [3.63, 3.8) is 0 Å². The number of ether oxygens (including phenoxy) is 1. The molecule has 4 bridgehead atoms. The van der Waals surface area contributed by atoms with Crippen molar-refractivity contribution < 1.29 is 9.53 Å². The van der Waals surface area contributed by atoms with Gasteiger partial charge in [-0.05, 0) is 86.1 Å². The molecule has 4 fully saturated rings. The van der Waals surface area contributed by atoms with E-state index in [0.29, 0.717) is 35.7 Å². The number of hydrogen-bond acceptors (Lipinski definition) is 5. The van der Waals surface area contributed by atoms with Crippen LogP contribution >= 0.6 is 0 Å². The lowest BCUT2D eigenvalue weighted by atomic mass is 9.54. The Morgan fingerprint density at radius 2 is 1.83 bits per heavy atom. The molecule has 4 aliphatic rings. The van der Waals surface area contributed by atoms with Crippen LogP contribution in [-0.2, 0) is 4.74 Å². The molecule has 4 saturated carbocycles. The Labute approximate surface area is 142 Å². The van der Waals surface area contributed by atoms with Crippen LogP contribution in [0.5, 0.6) is 0 Å². The van der Waals surface area contributed by atoms with E-state index in [1.165, 1.54) is 38.2 Å². The van der Waals surface area contributed by atoms with E-state index in [0.717, 1.165) is 17.5 Å². The molecule has 0 heterocycles. The van der Waals surface area contributed by atoms with E-state index in [-0.39, 0.29) is 0 Å². The van der Waals surface area contributed by atoms with Gasteiger partial charge in [-0.2, -0.15) is 0 Å². The zero-order valence-corrected chi connectivity index (χ0v) is 14.0. The zero-order valence-electron chi connectivity index (χ0n) is 14.0. The summed E-state index contributed by atoms with van der Waals surface area (Å²) < 4.78 is 4.99. The minimum absolute atomic E-state index is 0.300. The molecule has 0 aromatic heterocycles. The lowest BCUT2D eigenvalue weighted by Gasteiger charge is -2.54. The summed E-state index contributed by atoms with van der Waals surface area (Å²) in [7, 11) is 0. The smallest absolute Gasteiger partial charge is 0.338 e. The van der Waals surface area contributed by atoms with Gasteiger partial charge < -0.3 is 10.1 Å². The molecule has 5 heteroatoms. The Kier molecular flexibility index (Phi) is 4.02. The van der Waals surface area contributed by atoms with Gasteiger partial charge >= 0.3 is 5.97 Å². The number of nitroso groups, excluding NO2 is 1. The van der Waals surface area contributed by atoms with Gasteiger partial charge in [0.15, 0.2) is 0 Å². The fourth-order valence-corrected chi connectivity index (χ4v) is 5.41. The normalized spacial score (nSPS) is 33.3. The first-order valence-corrected chi connectivity index (χ1v) is 9.09. The maximum absolute atomic E-state index is 11.8. The lowest BCUT2D eigenvalue weighted by Crippen LogP contribution is -2.51. The third-order valence-corrected chi connectivity index (χ3v) is 6.16. The first-order valence-electron chi connectivity index (χ1n) is 9.09. The average molecular weight is 328 g/mol. The largest absolute Gasteiger partial charge is 0.462 e. The Hall–Kier alpha value is -1.91. The van der Waals surface area contributed by atoms with Crippen molar-refractivity contribution >= 4 is 17.3 Å². The van der Waals surface area contributed by atoms with Gasteiger partial charge in [0.25, 0.3) is 0 Å². The van der Waals surface area contributed by atoms with E-state index in [9.17, 15) is 9.70 Å². The maximum Gasteiger partial charge on any atom is 0.338 e. The van der Waals surface area contributed by atoms with Crippen LogP contribution in [0.3, 0.4) is 0 Å². The van der Waals surface area contributed by atoms with Gasteiger partial charge in [-0.15, -0.1) is 4.91 Å². The van der Waals surface area contributed by atoms with Gasteiger partial charge in [0.2, 0.25) is 0 Å². The third-order valence-electron chi connectivity index (χ3n) is 6.16. The van der Waals surface area contributed by atoms with Crippen molar-refractivity contribution in [2.45, 2.75) is 45.1 Å². The van der Waals surface area contributed by atoms with Gasteiger partial charge in [-0.1, -0.05) is 0 Å². The summed E-state index contributed by atoms with van der Waals surface area (Å²) in [6.45, 7) is 2.08. The number of nitrogens with one attached hydrogen (secondary N) is 1. The van der Waals surface area contributed by atoms with Crippen LogP contribution in [0.15, 0.2) is 23.4 Å². The molecule has 4 aliphatic carbocycles. The van der Waals surface area contributed by atoms with Gasteiger partial charge in [-0.25, -0.2) is 4.79 Å². The van der Waals surface area contributed by atoms with Crippen LogP contribution in [-0.4, -0.2) is 18.6 Å². The number of benzene rings is 1. The number of carbonyl (C=O) groups is 1. The summed E-state index contributed by atoms with van der Waals surface area (Å²) in [5.74, 6) is 2.85. The predicted molar refractivity (Wildman–Crippen MR) is 92.3 cm³/mol. The predicted octanol–water partition coefficient (Wildman–Crippen LogP) is 4.50. The maximum atomic E-state index is 11.8. The molecule has 0 saturated heterocycles. The van der Waals surface area contributed by atoms with Crippen LogP contribution in [0, 0.1) is 28.6 Å². The highest BCUT2D eigenvalue weighted by Crippen LogP contribution is 2.54. The molecular formula is C19H24N2O3. The molecule has 5 nitrogen and oxygen atoms in total. The minimum Gasteiger partial charge on any atom is -0.462 e. The monoisotopic (exact) mass is 328 g/mol. The Bertz CT molecular complexity index is 630. The van der Waals surface area contributed by atoms with Crippen LogP contribution in [0.2, 0.25) is 0 Å². The number of hydrogen-bond donors (Lipinski definition) is 1. The molecule has 1 aromatic rings. The molecule has 1 N–H and O–H groups in total. The van der Waals surface area contributed by atoms with Crippen LogP contribution in [0.25, 0.3) is 0 Å². The molecule has 0 radical (unpaired) electrons. The van der Waals surface area contributed by atoms with Crippen molar-refractivity contribution in [3.05, 3.63) is 28.7 Å². The second-order valence-corrected chi connectivity index (χ2v) is 7.64.